The van der Waals surface area contributed by atoms with Gasteiger partial charge in [-0.1, -0.05) is 12.1 Å². The van der Waals surface area contributed by atoms with E-state index >= 15 is 0 Å². The Hall–Kier alpha value is -1.88. The third-order valence-corrected chi connectivity index (χ3v) is 2.29. The molecule has 0 saturated heterocycles. The number of rotatable bonds is 3. The number of nitrogens with two attached hydrogens (primary N) is 1. The summed E-state index contributed by atoms with van der Waals surface area (Å²) >= 11 is 0. The monoisotopic (exact) mass is 219 g/mol. The van der Waals surface area contributed by atoms with E-state index in [4.69, 9.17) is 10.3 Å². The zero-order valence-corrected chi connectivity index (χ0v) is 8.97. The number of aromatic hydroxyl groups is 1. The Morgan fingerprint density at radius 2 is 2.19 bits per heavy atom. The fourth-order valence-corrected chi connectivity index (χ4v) is 1.46. The number of hydrogen-bond acceptors (Lipinski definition) is 5. The molecule has 0 amide bonds. The lowest BCUT2D eigenvalue weighted by Gasteiger charge is -2.01. The lowest BCUT2D eigenvalue weighted by molar-refractivity contribution is 0.380. The molecule has 5 nitrogen and oxygen atoms in total. The van der Waals surface area contributed by atoms with Crippen LogP contribution in [-0.4, -0.2) is 15.2 Å². The Morgan fingerprint density at radius 1 is 1.38 bits per heavy atom. The lowest BCUT2D eigenvalue weighted by Crippen LogP contribution is -1.95. The average Bonchev–Trinajstić information content (AvgIpc) is 2.76. The fraction of sp³-hybridized carbons (Fsp3) is 0.273. The smallest absolute Gasteiger partial charge is 0.240 e. The minimum atomic E-state index is 0.202. The molecule has 1 aromatic heterocycles. The van der Waals surface area contributed by atoms with Crippen molar-refractivity contribution >= 4 is 0 Å². The molecule has 1 aromatic carbocycles. The van der Waals surface area contributed by atoms with Gasteiger partial charge in [0, 0.05) is 5.56 Å². The molecule has 0 atom stereocenters. The Kier molecular flexibility index (Phi) is 2.87. The molecule has 0 bridgehead atoms. The van der Waals surface area contributed by atoms with E-state index in [1.807, 2.05) is 13.0 Å². The molecule has 0 fully saturated rings. The quantitative estimate of drug-likeness (QED) is 0.816. The number of aryl methyl sites for hydroxylation is 1. The van der Waals surface area contributed by atoms with Gasteiger partial charge in [-0.05, 0) is 30.2 Å². The standard InChI is InChI=1S/C11H13N3O2/c1-2-7-3-8(5-9(15)4-7)11-13-10(6-12)16-14-11/h3-5,15H,2,6,12H2,1H3. The van der Waals surface area contributed by atoms with Crippen LogP contribution in [0.25, 0.3) is 11.4 Å². The van der Waals surface area contributed by atoms with Gasteiger partial charge in [0.2, 0.25) is 11.7 Å². The molecule has 0 aliphatic rings. The molecular weight excluding hydrogens is 206 g/mol. The number of phenolic OH excluding ortho intramolecular Hbond substituents is 1. The zero-order chi connectivity index (χ0) is 11.5. The van der Waals surface area contributed by atoms with Crippen molar-refractivity contribution in [3.63, 3.8) is 0 Å². The summed E-state index contributed by atoms with van der Waals surface area (Å²) in [5, 5.41) is 13.3. The summed E-state index contributed by atoms with van der Waals surface area (Å²) in [6.07, 6.45) is 0.836. The van der Waals surface area contributed by atoms with E-state index in [-0.39, 0.29) is 12.3 Å². The molecule has 3 N–H and O–H groups in total. The summed E-state index contributed by atoms with van der Waals surface area (Å²) < 4.78 is 4.91. The Balaban J connectivity index is 2.42. The van der Waals surface area contributed by atoms with Crippen molar-refractivity contribution in [1.82, 2.24) is 10.1 Å². The Bertz CT molecular complexity index is 494. The van der Waals surface area contributed by atoms with E-state index in [9.17, 15) is 5.11 Å². The van der Waals surface area contributed by atoms with Gasteiger partial charge < -0.3 is 15.4 Å². The van der Waals surface area contributed by atoms with Crippen molar-refractivity contribution in [2.45, 2.75) is 19.9 Å². The minimum absolute atomic E-state index is 0.202. The molecule has 1 heterocycles. The van der Waals surface area contributed by atoms with Crippen LogP contribution in [0.3, 0.4) is 0 Å². The molecule has 2 aromatic rings. The van der Waals surface area contributed by atoms with Gasteiger partial charge in [-0.15, -0.1) is 0 Å². The van der Waals surface area contributed by atoms with E-state index in [1.54, 1.807) is 12.1 Å². The zero-order valence-electron chi connectivity index (χ0n) is 8.97. The van der Waals surface area contributed by atoms with E-state index in [0.29, 0.717) is 11.7 Å². The van der Waals surface area contributed by atoms with Crippen molar-refractivity contribution in [2.24, 2.45) is 5.73 Å². The first-order valence-corrected chi connectivity index (χ1v) is 5.09. The highest BCUT2D eigenvalue weighted by Gasteiger charge is 2.09. The van der Waals surface area contributed by atoms with Crippen LogP contribution in [0.2, 0.25) is 0 Å². The van der Waals surface area contributed by atoms with Crippen LogP contribution in [-0.2, 0) is 13.0 Å². The van der Waals surface area contributed by atoms with E-state index in [1.165, 1.54) is 0 Å². The fourth-order valence-electron chi connectivity index (χ4n) is 1.46. The topological polar surface area (TPSA) is 85.2 Å². The summed E-state index contributed by atoms with van der Waals surface area (Å²) in [6.45, 7) is 2.23. The van der Waals surface area contributed by atoms with Crippen LogP contribution in [0.5, 0.6) is 5.75 Å². The number of nitrogens with zero attached hydrogens (tertiary/aromatic N) is 2. The van der Waals surface area contributed by atoms with Crippen molar-refractivity contribution in [3.05, 3.63) is 29.7 Å². The first-order chi connectivity index (χ1) is 7.72. The molecule has 16 heavy (non-hydrogen) atoms. The van der Waals surface area contributed by atoms with Crippen LogP contribution < -0.4 is 5.73 Å². The van der Waals surface area contributed by atoms with Gasteiger partial charge >= 0.3 is 0 Å². The summed E-state index contributed by atoms with van der Waals surface area (Å²) in [5.41, 5.74) is 7.14. The first-order valence-electron chi connectivity index (χ1n) is 5.09. The highest BCUT2D eigenvalue weighted by atomic mass is 16.5. The molecular formula is C11H13N3O2. The first kappa shape index (κ1) is 10.6. The molecule has 0 aliphatic heterocycles. The highest BCUT2D eigenvalue weighted by molar-refractivity contribution is 5.58. The van der Waals surface area contributed by atoms with E-state index < -0.39 is 0 Å². The van der Waals surface area contributed by atoms with Gasteiger partial charge in [-0.2, -0.15) is 4.98 Å². The van der Waals surface area contributed by atoms with Gasteiger partial charge in [-0.25, -0.2) is 0 Å². The number of phenols is 1. The maximum absolute atomic E-state index is 9.54. The maximum atomic E-state index is 9.54. The average molecular weight is 219 g/mol. The molecule has 0 spiro atoms. The number of benzene rings is 1. The van der Waals surface area contributed by atoms with Crippen LogP contribution in [0.4, 0.5) is 0 Å². The second-order valence-electron chi connectivity index (χ2n) is 3.46. The molecule has 2 rings (SSSR count). The van der Waals surface area contributed by atoms with Crippen LogP contribution >= 0.6 is 0 Å². The van der Waals surface area contributed by atoms with Gasteiger partial charge in [0.1, 0.15) is 5.75 Å². The Labute approximate surface area is 92.9 Å². The molecule has 0 unspecified atom stereocenters. The highest BCUT2D eigenvalue weighted by Crippen LogP contribution is 2.23. The molecule has 84 valence electrons. The van der Waals surface area contributed by atoms with E-state index in [0.717, 1.165) is 17.5 Å². The van der Waals surface area contributed by atoms with Crippen LogP contribution in [0.15, 0.2) is 22.7 Å². The maximum Gasteiger partial charge on any atom is 0.240 e. The number of aromatic nitrogens is 2. The normalized spacial score (nSPS) is 10.6. The summed E-state index contributed by atoms with van der Waals surface area (Å²) in [7, 11) is 0. The third kappa shape index (κ3) is 2.04. The van der Waals surface area contributed by atoms with Crippen LogP contribution in [0.1, 0.15) is 18.4 Å². The SMILES string of the molecule is CCc1cc(O)cc(-c2noc(CN)n2)c1. The summed E-state index contributed by atoms with van der Waals surface area (Å²) in [4.78, 5) is 4.10. The molecule has 0 aliphatic carbocycles. The Morgan fingerprint density at radius 3 is 2.81 bits per heavy atom. The second kappa shape index (κ2) is 4.32. The van der Waals surface area contributed by atoms with Gasteiger partial charge in [0.25, 0.3) is 0 Å². The largest absolute Gasteiger partial charge is 0.508 e. The predicted octanol–water partition coefficient (Wildman–Crippen LogP) is 1.46. The predicted molar refractivity (Wildman–Crippen MR) is 58.7 cm³/mol. The number of hydrogen-bond donors (Lipinski definition) is 2. The molecule has 0 saturated carbocycles. The molecule has 0 radical (unpaired) electrons. The summed E-state index contributed by atoms with van der Waals surface area (Å²) in [6, 6.07) is 5.24. The summed E-state index contributed by atoms with van der Waals surface area (Å²) in [5.74, 6) is 1.04. The van der Waals surface area contributed by atoms with Gasteiger partial charge in [-0.3, -0.25) is 0 Å². The van der Waals surface area contributed by atoms with Gasteiger partial charge in [0.15, 0.2) is 0 Å². The van der Waals surface area contributed by atoms with Gasteiger partial charge in [0.05, 0.1) is 6.54 Å². The van der Waals surface area contributed by atoms with Crippen molar-refractivity contribution in [2.75, 3.05) is 0 Å². The van der Waals surface area contributed by atoms with Crippen molar-refractivity contribution in [1.29, 1.82) is 0 Å². The van der Waals surface area contributed by atoms with Crippen molar-refractivity contribution in [3.8, 4) is 17.1 Å². The van der Waals surface area contributed by atoms with Crippen molar-refractivity contribution < 1.29 is 9.63 Å². The third-order valence-electron chi connectivity index (χ3n) is 2.29. The van der Waals surface area contributed by atoms with Crippen LogP contribution in [0, 0.1) is 0 Å². The van der Waals surface area contributed by atoms with E-state index in [2.05, 4.69) is 10.1 Å². The lowest BCUT2D eigenvalue weighted by atomic mass is 10.1. The second-order valence-corrected chi connectivity index (χ2v) is 3.46. The molecule has 5 heteroatoms. The minimum Gasteiger partial charge on any atom is -0.508 e.